The number of nitrogens with one attached hydrogen (secondary N) is 1. The van der Waals surface area contributed by atoms with Crippen LogP contribution in [0.5, 0.6) is 5.75 Å². The first-order valence-electron chi connectivity index (χ1n) is 8.38. The van der Waals surface area contributed by atoms with Crippen LogP contribution in [-0.2, 0) is 6.42 Å². The average molecular weight is 398 g/mol. The summed E-state index contributed by atoms with van der Waals surface area (Å²) in [6.45, 7) is 0.370. The molecule has 2 aromatic rings. The number of carbonyl (C=O) groups is 1. The van der Waals surface area contributed by atoms with Gasteiger partial charge in [0, 0.05) is 37.5 Å². The van der Waals surface area contributed by atoms with Crippen LogP contribution in [0.1, 0.15) is 5.56 Å². The van der Waals surface area contributed by atoms with E-state index in [0.29, 0.717) is 17.8 Å². The van der Waals surface area contributed by atoms with E-state index in [1.54, 1.807) is 24.3 Å². The number of nitrogens with two attached hydrogens (primary N) is 2. The second kappa shape index (κ2) is 9.29. The van der Waals surface area contributed by atoms with Gasteiger partial charge in [0.05, 0.1) is 11.4 Å². The summed E-state index contributed by atoms with van der Waals surface area (Å²) in [4.78, 5) is 13.2. The molecule has 0 aromatic heterocycles. The van der Waals surface area contributed by atoms with E-state index >= 15 is 0 Å². The molecule has 6 N–H and O–H groups in total. The van der Waals surface area contributed by atoms with Crippen LogP contribution in [0.3, 0.4) is 0 Å². The number of rotatable bonds is 8. The molecule has 152 valence electrons. The minimum absolute atomic E-state index is 0.0687. The number of aliphatic hydroxyl groups is 1. The van der Waals surface area contributed by atoms with Crippen molar-refractivity contribution >= 4 is 23.1 Å². The van der Waals surface area contributed by atoms with E-state index in [1.807, 2.05) is 0 Å². The number of urea groups is 1. The van der Waals surface area contributed by atoms with Gasteiger partial charge in [-0.05, 0) is 24.1 Å². The Kier molecular flexibility index (Phi) is 7.07. The molecule has 0 fully saturated rings. The molecule has 0 saturated heterocycles. The third-order valence-electron chi connectivity index (χ3n) is 3.69. The maximum absolute atomic E-state index is 12.7. The van der Waals surface area contributed by atoms with Crippen molar-refractivity contribution in [2.24, 2.45) is 11.5 Å². The third-order valence-corrected chi connectivity index (χ3v) is 3.69. The van der Waals surface area contributed by atoms with Crippen molar-refractivity contribution in [2.75, 3.05) is 29.9 Å². The summed E-state index contributed by atoms with van der Waals surface area (Å²) in [7, 11) is 0. The maximum Gasteiger partial charge on any atom is 0.573 e. The largest absolute Gasteiger partial charge is 0.573 e. The van der Waals surface area contributed by atoms with Crippen LogP contribution < -0.4 is 26.4 Å². The molecule has 0 radical (unpaired) electrons. The number of nitrogens with zero attached hydrogens (tertiary/aromatic N) is 1. The van der Waals surface area contributed by atoms with Crippen molar-refractivity contribution in [3.8, 4) is 5.75 Å². The van der Waals surface area contributed by atoms with Gasteiger partial charge in [-0.3, -0.25) is 4.90 Å². The van der Waals surface area contributed by atoms with Gasteiger partial charge in [0.2, 0.25) is 0 Å². The van der Waals surface area contributed by atoms with Gasteiger partial charge in [-0.2, -0.15) is 0 Å². The molecule has 0 aliphatic heterocycles. The Morgan fingerprint density at radius 1 is 1.21 bits per heavy atom. The molecule has 0 spiro atoms. The second-order valence-corrected chi connectivity index (χ2v) is 5.75. The summed E-state index contributed by atoms with van der Waals surface area (Å²) >= 11 is 0. The van der Waals surface area contributed by atoms with E-state index in [4.69, 9.17) is 11.5 Å². The molecule has 7 nitrogen and oxygen atoms in total. The molecule has 2 rings (SSSR count). The highest BCUT2D eigenvalue weighted by Gasteiger charge is 2.32. The number of carbonyl (C=O) groups excluding carboxylic acids is 1. The molecule has 0 heterocycles. The Morgan fingerprint density at radius 3 is 2.54 bits per heavy atom. The number of ether oxygens (including phenoxy) is 1. The second-order valence-electron chi connectivity index (χ2n) is 5.75. The van der Waals surface area contributed by atoms with Crippen LogP contribution >= 0.6 is 0 Å². The van der Waals surface area contributed by atoms with Crippen LogP contribution in [0.15, 0.2) is 42.5 Å². The lowest BCUT2D eigenvalue weighted by Crippen LogP contribution is -2.32. The molecule has 28 heavy (non-hydrogen) atoms. The first-order valence-corrected chi connectivity index (χ1v) is 8.38. The van der Waals surface area contributed by atoms with E-state index in [1.165, 1.54) is 6.07 Å². The van der Waals surface area contributed by atoms with Gasteiger partial charge < -0.3 is 26.6 Å². The standard InChI is InChI=1S/C18H21F3N4O3/c19-18(20,21)28-15-10-13(24-7-6-22)9-14(11-15)25(17(23)27)16-4-2-1-3-12(16)5-8-26/h1-4,9-11,24,26H,5-8,22H2,(H2,23,27). The van der Waals surface area contributed by atoms with Crippen molar-refractivity contribution in [3.63, 3.8) is 0 Å². The summed E-state index contributed by atoms with van der Waals surface area (Å²) in [5.74, 6) is -0.518. The number of aliphatic hydroxyl groups excluding tert-OH is 1. The Hall–Kier alpha value is -2.98. The van der Waals surface area contributed by atoms with Crippen molar-refractivity contribution < 1.29 is 27.8 Å². The molecular formula is C18H21F3N4O3. The normalized spacial score (nSPS) is 11.2. The SMILES string of the molecule is NCCNc1cc(OC(F)(F)F)cc(N(C(N)=O)c2ccccc2CCO)c1. The number of anilines is 3. The van der Waals surface area contributed by atoms with Crippen molar-refractivity contribution in [1.82, 2.24) is 0 Å². The predicted molar refractivity (Wildman–Crippen MR) is 99.6 cm³/mol. The van der Waals surface area contributed by atoms with Crippen molar-refractivity contribution in [2.45, 2.75) is 12.8 Å². The van der Waals surface area contributed by atoms with Gasteiger partial charge >= 0.3 is 12.4 Å². The van der Waals surface area contributed by atoms with Crippen molar-refractivity contribution in [1.29, 1.82) is 0 Å². The molecule has 0 aliphatic carbocycles. The minimum Gasteiger partial charge on any atom is -0.406 e. The zero-order valence-electron chi connectivity index (χ0n) is 14.9. The number of benzene rings is 2. The third kappa shape index (κ3) is 5.76. The van der Waals surface area contributed by atoms with Gasteiger partial charge in [0.1, 0.15) is 5.75 Å². The fourth-order valence-electron chi connectivity index (χ4n) is 2.67. The number of hydrogen-bond donors (Lipinski definition) is 4. The fourth-order valence-corrected chi connectivity index (χ4v) is 2.67. The summed E-state index contributed by atoms with van der Waals surface area (Å²) in [5, 5.41) is 12.1. The van der Waals surface area contributed by atoms with Crippen LogP contribution in [-0.4, -0.2) is 37.2 Å². The Bertz CT molecular complexity index is 815. The molecule has 0 atom stereocenters. The number of para-hydroxylation sites is 1. The molecular weight excluding hydrogens is 377 g/mol. The molecule has 2 aromatic carbocycles. The van der Waals surface area contributed by atoms with Gasteiger partial charge in [0.15, 0.2) is 0 Å². The minimum atomic E-state index is -4.91. The maximum atomic E-state index is 12.7. The average Bonchev–Trinajstić information content (AvgIpc) is 2.60. The fraction of sp³-hybridized carbons (Fsp3) is 0.278. The summed E-state index contributed by atoms with van der Waals surface area (Å²) < 4.78 is 42.1. The lowest BCUT2D eigenvalue weighted by atomic mass is 10.1. The number of alkyl halides is 3. The van der Waals surface area contributed by atoms with Gasteiger partial charge in [-0.25, -0.2) is 4.79 Å². The number of primary amides is 1. The predicted octanol–water partition coefficient (Wildman–Crippen LogP) is 2.71. The lowest BCUT2D eigenvalue weighted by Gasteiger charge is -2.25. The Labute approximate surface area is 159 Å². The number of hydrogen-bond acceptors (Lipinski definition) is 5. The molecule has 2 amide bonds. The van der Waals surface area contributed by atoms with E-state index in [2.05, 4.69) is 10.1 Å². The van der Waals surface area contributed by atoms with Crippen LogP contribution in [0.2, 0.25) is 0 Å². The molecule has 10 heteroatoms. The van der Waals surface area contributed by atoms with Gasteiger partial charge in [-0.1, -0.05) is 18.2 Å². The smallest absolute Gasteiger partial charge is 0.406 e. The zero-order chi connectivity index (χ0) is 20.7. The quantitative estimate of drug-likeness (QED) is 0.546. The molecule has 0 bridgehead atoms. The number of halogens is 3. The first-order chi connectivity index (χ1) is 13.2. The van der Waals surface area contributed by atoms with Gasteiger partial charge in [0.25, 0.3) is 0 Å². The summed E-state index contributed by atoms with van der Waals surface area (Å²) in [6, 6.07) is 9.39. The molecule has 0 aliphatic rings. The van der Waals surface area contributed by atoms with Crippen LogP contribution in [0.4, 0.5) is 35.0 Å². The summed E-state index contributed by atoms with van der Waals surface area (Å²) in [5.41, 5.74) is 12.2. The van der Waals surface area contributed by atoms with E-state index < -0.39 is 18.1 Å². The first kappa shape index (κ1) is 21.3. The Balaban J connectivity index is 2.56. The van der Waals surface area contributed by atoms with E-state index in [9.17, 15) is 23.1 Å². The summed E-state index contributed by atoms with van der Waals surface area (Å²) in [6.07, 6.45) is -4.67. The van der Waals surface area contributed by atoms with E-state index in [-0.39, 0.29) is 30.9 Å². The highest BCUT2D eigenvalue weighted by atomic mass is 19.4. The molecule has 0 unspecified atom stereocenters. The monoisotopic (exact) mass is 398 g/mol. The number of amides is 2. The highest BCUT2D eigenvalue weighted by molar-refractivity contribution is 5.99. The van der Waals surface area contributed by atoms with Gasteiger partial charge in [-0.15, -0.1) is 13.2 Å². The Morgan fingerprint density at radius 2 is 1.93 bits per heavy atom. The lowest BCUT2D eigenvalue weighted by molar-refractivity contribution is -0.274. The zero-order valence-corrected chi connectivity index (χ0v) is 14.9. The highest BCUT2D eigenvalue weighted by Crippen LogP contribution is 2.35. The van der Waals surface area contributed by atoms with E-state index in [0.717, 1.165) is 17.0 Å². The van der Waals surface area contributed by atoms with Crippen molar-refractivity contribution in [3.05, 3.63) is 48.0 Å². The molecule has 0 saturated carbocycles. The van der Waals surface area contributed by atoms with Crippen LogP contribution in [0.25, 0.3) is 0 Å². The van der Waals surface area contributed by atoms with Crippen LogP contribution in [0, 0.1) is 0 Å². The topological polar surface area (TPSA) is 114 Å².